The van der Waals surface area contributed by atoms with Crippen LogP contribution in [-0.4, -0.2) is 34.0 Å². The van der Waals surface area contributed by atoms with Gasteiger partial charge in [-0.25, -0.2) is 0 Å². The highest BCUT2D eigenvalue weighted by molar-refractivity contribution is 5.95. The van der Waals surface area contributed by atoms with Gasteiger partial charge in [-0.1, -0.05) is 12.1 Å². The monoisotopic (exact) mass is 274 g/mol. The molecular formula is C15H18N2O3. The van der Waals surface area contributed by atoms with Crippen molar-refractivity contribution in [1.82, 2.24) is 4.90 Å². The van der Waals surface area contributed by atoms with E-state index in [4.69, 9.17) is 5.73 Å². The van der Waals surface area contributed by atoms with Crippen LogP contribution in [0.4, 0.5) is 0 Å². The second kappa shape index (κ2) is 4.90. The molecule has 5 heteroatoms. The summed E-state index contributed by atoms with van der Waals surface area (Å²) in [5, 5.41) is 9.22. The molecule has 3 atom stereocenters. The summed E-state index contributed by atoms with van der Waals surface area (Å²) in [6, 6.07) is 7.19. The van der Waals surface area contributed by atoms with Crippen LogP contribution in [0.15, 0.2) is 24.3 Å². The SMILES string of the molecule is NCc1ccc(C(=O)N2C3CCC2C(C(=O)O)C3)cc1. The topological polar surface area (TPSA) is 83.6 Å². The first-order valence-corrected chi connectivity index (χ1v) is 6.96. The summed E-state index contributed by atoms with van der Waals surface area (Å²) in [6.07, 6.45) is 2.31. The number of carbonyl (C=O) groups is 2. The minimum Gasteiger partial charge on any atom is -0.481 e. The molecule has 1 amide bonds. The molecule has 2 heterocycles. The van der Waals surface area contributed by atoms with Crippen LogP contribution in [0.5, 0.6) is 0 Å². The molecule has 2 aliphatic heterocycles. The highest BCUT2D eigenvalue weighted by Crippen LogP contribution is 2.42. The van der Waals surface area contributed by atoms with Gasteiger partial charge < -0.3 is 15.7 Å². The Morgan fingerprint density at radius 3 is 2.50 bits per heavy atom. The molecule has 2 saturated heterocycles. The molecule has 1 aromatic rings. The summed E-state index contributed by atoms with van der Waals surface area (Å²) < 4.78 is 0. The molecule has 3 N–H and O–H groups in total. The first-order valence-electron chi connectivity index (χ1n) is 6.96. The van der Waals surface area contributed by atoms with E-state index in [9.17, 15) is 14.7 Å². The molecule has 1 aromatic carbocycles. The van der Waals surface area contributed by atoms with Gasteiger partial charge in [0.25, 0.3) is 5.91 Å². The predicted molar refractivity (Wildman–Crippen MR) is 73.1 cm³/mol. The molecule has 2 aliphatic rings. The number of aliphatic carboxylic acids is 1. The van der Waals surface area contributed by atoms with Crippen LogP contribution in [0.2, 0.25) is 0 Å². The molecule has 20 heavy (non-hydrogen) atoms. The molecule has 106 valence electrons. The maximum Gasteiger partial charge on any atom is 0.308 e. The summed E-state index contributed by atoms with van der Waals surface area (Å²) in [5.41, 5.74) is 7.14. The zero-order valence-corrected chi connectivity index (χ0v) is 11.2. The standard InChI is InChI=1S/C15H18N2O3/c16-8-9-1-3-10(4-2-9)14(18)17-11-5-6-13(17)12(7-11)15(19)20/h1-4,11-13H,5-8,16H2,(H,19,20). The van der Waals surface area contributed by atoms with Crippen molar-refractivity contribution in [3.05, 3.63) is 35.4 Å². The minimum atomic E-state index is -0.784. The van der Waals surface area contributed by atoms with Crippen molar-refractivity contribution < 1.29 is 14.7 Å². The van der Waals surface area contributed by atoms with Crippen molar-refractivity contribution >= 4 is 11.9 Å². The Hall–Kier alpha value is -1.88. The molecule has 2 bridgehead atoms. The number of nitrogens with zero attached hydrogens (tertiary/aromatic N) is 1. The van der Waals surface area contributed by atoms with Gasteiger partial charge >= 0.3 is 5.97 Å². The maximum absolute atomic E-state index is 12.6. The van der Waals surface area contributed by atoms with E-state index in [0.717, 1.165) is 18.4 Å². The van der Waals surface area contributed by atoms with E-state index in [0.29, 0.717) is 18.5 Å². The van der Waals surface area contributed by atoms with Gasteiger partial charge in [0, 0.05) is 24.2 Å². The van der Waals surface area contributed by atoms with Crippen molar-refractivity contribution in [1.29, 1.82) is 0 Å². The van der Waals surface area contributed by atoms with Gasteiger partial charge in [-0.2, -0.15) is 0 Å². The van der Waals surface area contributed by atoms with Gasteiger partial charge in [0.2, 0.25) is 0 Å². The van der Waals surface area contributed by atoms with Crippen molar-refractivity contribution in [3.8, 4) is 0 Å². The summed E-state index contributed by atoms with van der Waals surface area (Å²) in [5.74, 6) is -1.24. The number of fused-ring (bicyclic) bond motifs is 2. The number of amides is 1. The second-order valence-corrected chi connectivity index (χ2v) is 5.59. The number of hydrogen-bond donors (Lipinski definition) is 2. The fourth-order valence-electron chi connectivity index (χ4n) is 3.50. The first-order chi connectivity index (χ1) is 9.61. The number of carboxylic acid groups (broad SMARTS) is 1. The highest BCUT2D eigenvalue weighted by atomic mass is 16.4. The number of carboxylic acids is 1. The minimum absolute atomic E-state index is 0.0511. The van der Waals surface area contributed by atoms with Gasteiger partial charge in [-0.15, -0.1) is 0 Å². The van der Waals surface area contributed by atoms with Gasteiger partial charge in [-0.05, 0) is 37.0 Å². The lowest BCUT2D eigenvalue weighted by Crippen LogP contribution is -2.37. The summed E-state index contributed by atoms with van der Waals surface area (Å²) in [4.78, 5) is 25.6. The van der Waals surface area contributed by atoms with Crippen LogP contribution in [-0.2, 0) is 11.3 Å². The quantitative estimate of drug-likeness (QED) is 0.868. The molecule has 0 aromatic heterocycles. The summed E-state index contributed by atoms with van der Waals surface area (Å²) in [6.45, 7) is 0.449. The molecule has 2 fully saturated rings. The normalized spacial score (nSPS) is 27.9. The van der Waals surface area contributed by atoms with E-state index in [2.05, 4.69) is 0 Å². The number of carbonyl (C=O) groups excluding carboxylic acids is 1. The highest BCUT2D eigenvalue weighted by Gasteiger charge is 2.51. The number of nitrogens with two attached hydrogens (primary N) is 1. The summed E-state index contributed by atoms with van der Waals surface area (Å²) >= 11 is 0. The van der Waals surface area contributed by atoms with Crippen molar-refractivity contribution in [2.24, 2.45) is 11.7 Å². The van der Waals surface area contributed by atoms with Gasteiger partial charge in [0.1, 0.15) is 0 Å². The molecule has 3 rings (SSSR count). The van der Waals surface area contributed by atoms with E-state index >= 15 is 0 Å². The van der Waals surface area contributed by atoms with E-state index < -0.39 is 11.9 Å². The van der Waals surface area contributed by atoms with E-state index in [1.165, 1.54) is 0 Å². The molecule has 0 radical (unpaired) electrons. The average molecular weight is 274 g/mol. The fourth-order valence-corrected chi connectivity index (χ4v) is 3.50. The number of rotatable bonds is 3. The number of benzene rings is 1. The number of hydrogen-bond acceptors (Lipinski definition) is 3. The Balaban J connectivity index is 1.82. The Morgan fingerprint density at radius 1 is 1.25 bits per heavy atom. The van der Waals surface area contributed by atoms with Crippen molar-refractivity contribution in [3.63, 3.8) is 0 Å². The van der Waals surface area contributed by atoms with E-state index in [1.807, 2.05) is 12.1 Å². The second-order valence-electron chi connectivity index (χ2n) is 5.59. The smallest absolute Gasteiger partial charge is 0.308 e. The predicted octanol–water partition coefficient (Wildman–Crippen LogP) is 1.22. The third kappa shape index (κ3) is 1.98. The molecule has 5 nitrogen and oxygen atoms in total. The van der Waals surface area contributed by atoms with Crippen LogP contribution >= 0.6 is 0 Å². The van der Waals surface area contributed by atoms with Crippen LogP contribution < -0.4 is 5.73 Å². The zero-order chi connectivity index (χ0) is 14.3. The molecule has 0 saturated carbocycles. The molecular weight excluding hydrogens is 256 g/mol. The Bertz CT molecular complexity index is 541. The fraction of sp³-hybridized carbons (Fsp3) is 0.467. The summed E-state index contributed by atoms with van der Waals surface area (Å²) in [7, 11) is 0. The third-order valence-electron chi connectivity index (χ3n) is 4.53. The lowest BCUT2D eigenvalue weighted by atomic mass is 9.89. The molecule has 0 spiro atoms. The zero-order valence-electron chi connectivity index (χ0n) is 11.2. The van der Waals surface area contributed by atoms with Crippen molar-refractivity contribution in [2.45, 2.75) is 37.9 Å². The van der Waals surface area contributed by atoms with Gasteiger partial charge in [-0.3, -0.25) is 9.59 Å². The van der Waals surface area contributed by atoms with Crippen LogP contribution in [0.3, 0.4) is 0 Å². The average Bonchev–Trinajstić information content (AvgIpc) is 3.04. The van der Waals surface area contributed by atoms with E-state index in [-0.39, 0.29) is 18.0 Å². The van der Waals surface area contributed by atoms with Gasteiger partial charge in [0.15, 0.2) is 0 Å². The lowest BCUT2D eigenvalue weighted by molar-refractivity contribution is -0.142. The van der Waals surface area contributed by atoms with Crippen LogP contribution in [0.25, 0.3) is 0 Å². The van der Waals surface area contributed by atoms with Crippen LogP contribution in [0, 0.1) is 5.92 Å². The van der Waals surface area contributed by atoms with E-state index in [1.54, 1.807) is 17.0 Å². The molecule has 3 unspecified atom stereocenters. The Morgan fingerprint density at radius 2 is 1.95 bits per heavy atom. The van der Waals surface area contributed by atoms with Crippen LogP contribution in [0.1, 0.15) is 35.2 Å². The lowest BCUT2D eigenvalue weighted by Gasteiger charge is -2.23. The largest absolute Gasteiger partial charge is 0.481 e. The first kappa shape index (κ1) is 13.1. The third-order valence-corrected chi connectivity index (χ3v) is 4.53. The molecule has 0 aliphatic carbocycles. The van der Waals surface area contributed by atoms with Gasteiger partial charge in [0.05, 0.1) is 5.92 Å². The Kier molecular flexibility index (Phi) is 3.22. The van der Waals surface area contributed by atoms with Crippen molar-refractivity contribution in [2.75, 3.05) is 0 Å². The Labute approximate surface area is 117 Å². The maximum atomic E-state index is 12.6.